The van der Waals surface area contributed by atoms with E-state index in [0.717, 1.165) is 11.0 Å². The van der Waals surface area contributed by atoms with Crippen LogP contribution in [0.15, 0.2) is 60.8 Å². The van der Waals surface area contributed by atoms with Crippen molar-refractivity contribution in [3.8, 4) is 11.1 Å². The standard InChI is InChI=1S/C20H20N6/c1-25(20-23-18(21)17-12-22-26(2)19(17)24-20)13-14-8-10-16(11-9-14)15-6-4-3-5-7-15/h3-12H,13H2,1-2H3,(H2,21,23,24). The third kappa shape index (κ3) is 2.97. The van der Waals surface area contributed by atoms with E-state index >= 15 is 0 Å². The Morgan fingerprint density at radius 3 is 2.38 bits per heavy atom. The molecule has 0 unspecified atom stereocenters. The molecule has 0 radical (unpaired) electrons. The van der Waals surface area contributed by atoms with Crippen LogP contribution in [0.3, 0.4) is 0 Å². The molecule has 0 amide bonds. The summed E-state index contributed by atoms with van der Waals surface area (Å²) in [6.07, 6.45) is 1.69. The summed E-state index contributed by atoms with van der Waals surface area (Å²) in [5.74, 6) is 1.04. The predicted octanol–water partition coefficient (Wildman–Crippen LogP) is 3.25. The molecular formula is C20H20N6. The molecule has 0 bridgehead atoms. The number of aryl methyl sites for hydroxylation is 1. The van der Waals surface area contributed by atoms with Crippen molar-refractivity contribution in [2.45, 2.75) is 6.54 Å². The molecule has 2 N–H and O–H groups in total. The topological polar surface area (TPSA) is 72.9 Å². The first kappa shape index (κ1) is 16.1. The summed E-state index contributed by atoms with van der Waals surface area (Å²) in [6, 6.07) is 18.9. The van der Waals surface area contributed by atoms with Crippen molar-refractivity contribution in [2.75, 3.05) is 17.7 Å². The lowest BCUT2D eigenvalue weighted by atomic mass is 10.0. The molecule has 2 aromatic heterocycles. The Kier molecular flexibility index (Phi) is 4.01. The molecule has 0 atom stereocenters. The quantitative estimate of drug-likeness (QED) is 0.615. The van der Waals surface area contributed by atoms with Crippen LogP contribution in [-0.2, 0) is 13.6 Å². The van der Waals surface area contributed by atoms with Crippen LogP contribution in [0.2, 0.25) is 0 Å². The number of nitrogen functional groups attached to an aromatic ring is 1. The molecule has 2 aromatic carbocycles. The maximum absolute atomic E-state index is 6.05. The molecule has 0 aliphatic carbocycles. The van der Waals surface area contributed by atoms with E-state index in [1.54, 1.807) is 10.9 Å². The lowest BCUT2D eigenvalue weighted by Gasteiger charge is -2.18. The summed E-state index contributed by atoms with van der Waals surface area (Å²) in [5, 5.41) is 4.97. The number of nitrogens with zero attached hydrogens (tertiary/aromatic N) is 5. The van der Waals surface area contributed by atoms with E-state index < -0.39 is 0 Å². The Morgan fingerprint density at radius 1 is 0.962 bits per heavy atom. The van der Waals surface area contributed by atoms with Crippen molar-refractivity contribution in [3.05, 3.63) is 66.4 Å². The Labute approximate surface area is 151 Å². The Hall–Kier alpha value is -3.41. The number of nitrogens with two attached hydrogens (primary N) is 1. The van der Waals surface area contributed by atoms with Gasteiger partial charge >= 0.3 is 0 Å². The molecule has 0 saturated carbocycles. The van der Waals surface area contributed by atoms with Crippen LogP contribution < -0.4 is 10.6 Å². The van der Waals surface area contributed by atoms with E-state index in [1.807, 2.05) is 37.2 Å². The van der Waals surface area contributed by atoms with Crippen LogP contribution in [-0.4, -0.2) is 26.8 Å². The van der Waals surface area contributed by atoms with Crippen molar-refractivity contribution < 1.29 is 0 Å². The summed E-state index contributed by atoms with van der Waals surface area (Å²) in [6.45, 7) is 0.692. The van der Waals surface area contributed by atoms with E-state index in [-0.39, 0.29) is 0 Å². The van der Waals surface area contributed by atoms with E-state index in [1.165, 1.54) is 16.7 Å². The molecule has 4 rings (SSSR count). The van der Waals surface area contributed by atoms with Crippen LogP contribution in [0.4, 0.5) is 11.8 Å². The van der Waals surface area contributed by atoms with Gasteiger partial charge in [-0.05, 0) is 16.7 Å². The van der Waals surface area contributed by atoms with Crippen molar-refractivity contribution in [1.29, 1.82) is 0 Å². The van der Waals surface area contributed by atoms with Gasteiger partial charge in [0, 0.05) is 20.6 Å². The first-order valence-corrected chi connectivity index (χ1v) is 8.42. The molecule has 26 heavy (non-hydrogen) atoms. The lowest BCUT2D eigenvalue weighted by Crippen LogP contribution is -2.20. The van der Waals surface area contributed by atoms with Crippen LogP contribution in [0.25, 0.3) is 22.2 Å². The molecular weight excluding hydrogens is 324 g/mol. The number of rotatable bonds is 4. The highest BCUT2D eigenvalue weighted by molar-refractivity contribution is 5.86. The first-order valence-electron chi connectivity index (χ1n) is 8.42. The first-order chi connectivity index (χ1) is 12.6. The maximum Gasteiger partial charge on any atom is 0.229 e. The third-order valence-electron chi connectivity index (χ3n) is 4.43. The van der Waals surface area contributed by atoms with Crippen LogP contribution in [0, 0.1) is 0 Å². The van der Waals surface area contributed by atoms with E-state index in [0.29, 0.717) is 18.3 Å². The molecule has 130 valence electrons. The van der Waals surface area contributed by atoms with Gasteiger partial charge < -0.3 is 10.6 Å². The van der Waals surface area contributed by atoms with Crippen molar-refractivity contribution in [1.82, 2.24) is 19.7 Å². The number of hydrogen-bond donors (Lipinski definition) is 1. The molecule has 0 aliphatic rings. The molecule has 0 fully saturated rings. The van der Waals surface area contributed by atoms with Crippen LogP contribution >= 0.6 is 0 Å². The van der Waals surface area contributed by atoms with Crippen LogP contribution in [0.1, 0.15) is 5.56 Å². The second-order valence-corrected chi connectivity index (χ2v) is 6.33. The zero-order chi connectivity index (χ0) is 18.1. The smallest absolute Gasteiger partial charge is 0.229 e. The summed E-state index contributed by atoms with van der Waals surface area (Å²) in [4.78, 5) is 11.0. The SMILES string of the molecule is CN(Cc1ccc(-c2ccccc2)cc1)c1nc(N)c2cnn(C)c2n1. The minimum atomic E-state index is 0.448. The van der Waals surface area contributed by atoms with Gasteiger partial charge in [0.1, 0.15) is 5.82 Å². The maximum atomic E-state index is 6.05. The van der Waals surface area contributed by atoms with Gasteiger partial charge in [-0.25, -0.2) is 0 Å². The van der Waals surface area contributed by atoms with Crippen LogP contribution in [0.5, 0.6) is 0 Å². The molecule has 0 saturated heterocycles. The number of benzene rings is 2. The second kappa shape index (κ2) is 6.48. The fourth-order valence-electron chi connectivity index (χ4n) is 2.98. The van der Waals surface area contributed by atoms with E-state index in [2.05, 4.69) is 51.5 Å². The summed E-state index contributed by atoms with van der Waals surface area (Å²) in [7, 11) is 3.81. The number of aromatic nitrogens is 4. The van der Waals surface area contributed by atoms with Gasteiger partial charge in [0.25, 0.3) is 0 Å². The summed E-state index contributed by atoms with van der Waals surface area (Å²) >= 11 is 0. The molecule has 6 nitrogen and oxygen atoms in total. The highest BCUT2D eigenvalue weighted by atomic mass is 15.3. The second-order valence-electron chi connectivity index (χ2n) is 6.33. The van der Waals surface area contributed by atoms with Gasteiger partial charge in [-0.1, -0.05) is 54.6 Å². The van der Waals surface area contributed by atoms with Gasteiger partial charge in [-0.2, -0.15) is 15.1 Å². The number of hydrogen-bond acceptors (Lipinski definition) is 5. The highest BCUT2D eigenvalue weighted by Gasteiger charge is 2.12. The van der Waals surface area contributed by atoms with Gasteiger partial charge in [0.05, 0.1) is 11.6 Å². The summed E-state index contributed by atoms with van der Waals surface area (Å²) in [5.41, 5.74) is 10.4. The average Bonchev–Trinajstić information content (AvgIpc) is 3.05. The molecule has 0 aliphatic heterocycles. The zero-order valence-electron chi connectivity index (χ0n) is 14.8. The minimum Gasteiger partial charge on any atom is -0.383 e. The van der Waals surface area contributed by atoms with E-state index in [9.17, 15) is 0 Å². The Balaban J connectivity index is 1.56. The van der Waals surface area contributed by atoms with Crippen molar-refractivity contribution in [3.63, 3.8) is 0 Å². The normalized spacial score (nSPS) is 11.0. The molecule has 0 spiro atoms. The van der Waals surface area contributed by atoms with Gasteiger partial charge in [-0.15, -0.1) is 0 Å². The van der Waals surface area contributed by atoms with Crippen molar-refractivity contribution >= 4 is 22.8 Å². The highest BCUT2D eigenvalue weighted by Crippen LogP contribution is 2.22. The summed E-state index contributed by atoms with van der Waals surface area (Å²) < 4.78 is 1.71. The largest absolute Gasteiger partial charge is 0.383 e. The third-order valence-corrected chi connectivity index (χ3v) is 4.43. The van der Waals surface area contributed by atoms with Crippen molar-refractivity contribution in [2.24, 2.45) is 7.05 Å². The van der Waals surface area contributed by atoms with E-state index in [4.69, 9.17) is 5.73 Å². The molecule has 6 heteroatoms. The molecule has 2 heterocycles. The van der Waals surface area contributed by atoms with Gasteiger partial charge in [0.2, 0.25) is 5.95 Å². The molecule has 4 aromatic rings. The Morgan fingerprint density at radius 2 is 1.65 bits per heavy atom. The minimum absolute atomic E-state index is 0.448. The monoisotopic (exact) mass is 344 g/mol. The Bertz CT molecular complexity index is 1040. The fraction of sp³-hybridized carbons (Fsp3) is 0.150. The lowest BCUT2D eigenvalue weighted by molar-refractivity contribution is 0.781. The van der Waals surface area contributed by atoms with Gasteiger partial charge in [-0.3, -0.25) is 4.68 Å². The zero-order valence-corrected chi connectivity index (χ0v) is 14.8. The number of fused-ring (bicyclic) bond motifs is 1. The number of anilines is 2. The average molecular weight is 344 g/mol. The van der Waals surface area contributed by atoms with Gasteiger partial charge in [0.15, 0.2) is 5.65 Å². The predicted molar refractivity (Wildman–Crippen MR) is 105 cm³/mol. The fourth-order valence-corrected chi connectivity index (χ4v) is 2.98.